The minimum absolute atomic E-state index is 0.0276. The van der Waals surface area contributed by atoms with Gasteiger partial charge in [-0.25, -0.2) is 4.98 Å². The van der Waals surface area contributed by atoms with Gasteiger partial charge in [-0.15, -0.1) is 0 Å². The van der Waals surface area contributed by atoms with Crippen molar-refractivity contribution < 1.29 is 32.4 Å². The maximum atomic E-state index is 13.8. The number of carbonyl (C=O) groups is 4. The topological polar surface area (TPSA) is 134 Å². The molecular formula is C54H49N5O7. The predicted molar refractivity (Wildman–Crippen MR) is 256 cm³/mol. The van der Waals surface area contributed by atoms with E-state index in [2.05, 4.69) is 36.4 Å². The second kappa shape index (κ2) is 17.3. The molecule has 5 heterocycles. The van der Waals surface area contributed by atoms with Crippen molar-refractivity contribution >= 4 is 78.6 Å². The molecule has 4 amide bonds. The molecule has 10 rings (SSSR count). The molecule has 0 saturated heterocycles. The van der Waals surface area contributed by atoms with Crippen LogP contribution in [0.2, 0.25) is 0 Å². The van der Waals surface area contributed by atoms with E-state index in [0.717, 1.165) is 66.9 Å². The Morgan fingerprint density at radius 3 is 1.79 bits per heavy atom. The van der Waals surface area contributed by atoms with Crippen LogP contribution in [0.3, 0.4) is 0 Å². The number of carbonyl (C=O) groups excluding carboxylic acids is 4. The van der Waals surface area contributed by atoms with Crippen molar-refractivity contribution in [2.45, 2.75) is 32.1 Å². The van der Waals surface area contributed by atoms with Crippen LogP contribution in [0.5, 0.6) is 0 Å². The van der Waals surface area contributed by atoms with Crippen LogP contribution >= 0.6 is 0 Å². The number of benzene rings is 5. The third-order valence-electron chi connectivity index (χ3n) is 12.7. The lowest BCUT2D eigenvalue weighted by molar-refractivity contribution is -0.131. The van der Waals surface area contributed by atoms with E-state index in [1.807, 2.05) is 76.5 Å². The van der Waals surface area contributed by atoms with Crippen molar-refractivity contribution in [1.29, 1.82) is 0 Å². The average Bonchev–Trinajstić information content (AvgIpc) is 4.09. The summed E-state index contributed by atoms with van der Waals surface area (Å²) in [6.45, 7) is 2.22. The number of fused-ring (bicyclic) bond motifs is 4. The van der Waals surface area contributed by atoms with Crippen LogP contribution < -0.4 is 0 Å². The standard InChI is InChI=1S/C54H49N5O7/c1-56(2)53(62)47-28-38-26-34(18-21-45(38)64-47)36-11-8-24-58(31-36)50(60)23-20-33-10-5-14-41-40(33)13-6-15-42(41)43-16-7-17-44-52(43)66-49(55-44)30-51(61)59-25-9-12-37(32-59)35-19-22-46-39(27-35)29-48(65-46)54(63)57(3)4/h5-7,10-19,21-22,26-29H,8-9,20,23-25,30-32H2,1-4H3. The van der Waals surface area contributed by atoms with Gasteiger partial charge in [-0.1, -0.05) is 72.8 Å². The first kappa shape index (κ1) is 42.2. The van der Waals surface area contributed by atoms with Crippen LogP contribution in [0.25, 0.3) is 66.1 Å². The zero-order valence-electron chi connectivity index (χ0n) is 37.4. The third-order valence-corrected chi connectivity index (χ3v) is 12.7. The van der Waals surface area contributed by atoms with Crippen molar-refractivity contribution in [3.8, 4) is 11.1 Å². The highest BCUT2D eigenvalue weighted by Crippen LogP contribution is 2.36. The van der Waals surface area contributed by atoms with Gasteiger partial charge in [0.1, 0.15) is 23.1 Å². The summed E-state index contributed by atoms with van der Waals surface area (Å²) < 4.78 is 18.0. The zero-order chi connectivity index (χ0) is 45.6. The Balaban J connectivity index is 0.815. The fourth-order valence-corrected chi connectivity index (χ4v) is 9.22. The molecule has 12 nitrogen and oxygen atoms in total. The van der Waals surface area contributed by atoms with Crippen LogP contribution in [0.1, 0.15) is 63.0 Å². The summed E-state index contributed by atoms with van der Waals surface area (Å²) in [5.74, 6) is 0.606. The lowest BCUT2D eigenvalue weighted by Crippen LogP contribution is -2.36. The molecule has 5 aromatic carbocycles. The number of aromatic nitrogens is 1. The third kappa shape index (κ3) is 8.15. The number of hydrogen-bond donors (Lipinski definition) is 0. The van der Waals surface area contributed by atoms with Crippen molar-refractivity contribution in [1.82, 2.24) is 24.6 Å². The van der Waals surface area contributed by atoms with E-state index in [9.17, 15) is 19.2 Å². The van der Waals surface area contributed by atoms with Crippen molar-refractivity contribution in [2.75, 3.05) is 54.4 Å². The highest BCUT2D eigenvalue weighted by Gasteiger charge is 2.25. The lowest BCUT2D eigenvalue weighted by atomic mass is 9.93. The minimum Gasteiger partial charge on any atom is -0.451 e. The number of rotatable bonds is 10. The molecule has 0 atom stereocenters. The van der Waals surface area contributed by atoms with E-state index in [1.54, 1.807) is 40.3 Å². The summed E-state index contributed by atoms with van der Waals surface area (Å²) >= 11 is 0. The first-order valence-corrected chi connectivity index (χ1v) is 22.3. The number of furan rings is 2. The second-order valence-corrected chi connectivity index (χ2v) is 17.5. The van der Waals surface area contributed by atoms with Crippen LogP contribution in [-0.2, 0) is 22.4 Å². The monoisotopic (exact) mass is 879 g/mol. The molecule has 0 aliphatic carbocycles. The van der Waals surface area contributed by atoms with Gasteiger partial charge in [-0.3, -0.25) is 19.2 Å². The molecule has 12 heteroatoms. The number of hydrogen-bond acceptors (Lipinski definition) is 8. The van der Waals surface area contributed by atoms with Gasteiger partial charge < -0.3 is 32.9 Å². The van der Waals surface area contributed by atoms with E-state index >= 15 is 0 Å². The van der Waals surface area contributed by atoms with E-state index in [1.165, 1.54) is 9.80 Å². The summed E-state index contributed by atoms with van der Waals surface area (Å²) in [4.78, 5) is 64.1. The van der Waals surface area contributed by atoms with Gasteiger partial charge >= 0.3 is 0 Å². The molecule has 66 heavy (non-hydrogen) atoms. The average molecular weight is 880 g/mol. The van der Waals surface area contributed by atoms with Crippen LogP contribution in [0, 0.1) is 0 Å². The molecule has 332 valence electrons. The zero-order valence-corrected chi connectivity index (χ0v) is 37.4. The molecule has 0 saturated carbocycles. The number of para-hydroxylation sites is 1. The largest absolute Gasteiger partial charge is 0.451 e. The fraction of sp³-hybridized carbons (Fsp3) is 0.241. The Morgan fingerprint density at radius 1 is 0.606 bits per heavy atom. The molecular weight excluding hydrogens is 831 g/mol. The summed E-state index contributed by atoms with van der Waals surface area (Å²) in [7, 11) is 6.78. The van der Waals surface area contributed by atoms with E-state index in [-0.39, 0.29) is 35.8 Å². The summed E-state index contributed by atoms with van der Waals surface area (Å²) in [6, 6.07) is 33.6. The number of aryl methyl sites for hydroxylation is 1. The Bertz CT molecular complexity index is 3310. The summed E-state index contributed by atoms with van der Waals surface area (Å²) in [6.07, 6.45) is 6.82. The highest BCUT2D eigenvalue weighted by atomic mass is 16.4. The number of oxazole rings is 1. The number of nitrogens with zero attached hydrogens (tertiary/aromatic N) is 5. The van der Waals surface area contributed by atoms with E-state index in [4.69, 9.17) is 18.2 Å². The Labute approximate surface area is 381 Å². The van der Waals surface area contributed by atoms with Crippen LogP contribution in [-0.4, -0.2) is 103 Å². The minimum atomic E-state index is -0.195. The molecule has 2 aliphatic rings. The molecule has 8 aromatic rings. The van der Waals surface area contributed by atoms with Crippen molar-refractivity contribution in [3.05, 3.63) is 149 Å². The maximum Gasteiger partial charge on any atom is 0.289 e. The van der Waals surface area contributed by atoms with Gasteiger partial charge in [0.05, 0.1) is 0 Å². The second-order valence-electron chi connectivity index (χ2n) is 17.5. The Kier molecular flexibility index (Phi) is 11.1. The maximum absolute atomic E-state index is 13.8. The highest BCUT2D eigenvalue weighted by molar-refractivity contribution is 6.04. The molecule has 0 bridgehead atoms. The van der Waals surface area contributed by atoms with Crippen molar-refractivity contribution in [3.63, 3.8) is 0 Å². The van der Waals surface area contributed by atoms with Gasteiger partial charge in [-0.05, 0) is 106 Å². The molecule has 0 fully saturated rings. The molecule has 0 radical (unpaired) electrons. The Hall–Kier alpha value is -7.73. The van der Waals surface area contributed by atoms with Gasteiger partial charge in [0, 0.05) is 77.1 Å². The molecule has 3 aromatic heterocycles. The predicted octanol–water partition coefficient (Wildman–Crippen LogP) is 9.65. The fourth-order valence-electron chi connectivity index (χ4n) is 9.22. The van der Waals surface area contributed by atoms with Crippen molar-refractivity contribution in [2.24, 2.45) is 0 Å². The smallest absolute Gasteiger partial charge is 0.289 e. The van der Waals surface area contributed by atoms with Gasteiger partial charge in [0.15, 0.2) is 17.1 Å². The SMILES string of the molecule is CN(C)C(=O)c1cc2cc(C3=CCCN(C(=O)CCc4cccc5c(-c6cccc7nc(CC(=O)N8CCC=C(c9ccc%10oc(C(=O)N(C)C)cc%10c9)C8)oc67)cccc45)C3)ccc2o1. The van der Waals surface area contributed by atoms with E-state index in [0.29, 0.717) is 79.4 Å². The van der Waals surface area contributed by atoms with Crippen LogP contribution in [0.15, 0.2) is 129 Å². The van der Waals surface area contributed by atoms with E-state index < -0.39 is 0 Å². The van der Waals surface area contributed by atoms with Gasteiger partial charge in [0.2, 0.25) is 17.7 Å². The summed E-state index contributed by atoms with van der Waals surface area (Å²) in [5, 5.41) is 3.79. The van der Waals surface area contributed by atoms with Crippen LogP contribution in [0.4, 0.5) is 0 Å². The summed E-state index contributed by atoms with van der Waals surface area (Å²) in [5.41, 5.74) is 9.64. The molecule has 0 unspecified atom stereocenters. The normalized spacial score (nSPS) is 14.2. The molecule has 2 aliphatic heterocycles. The molecule has 0 spiro atoms. The first-order valence-electron chi connectivity index (χ1n) is 22.3. The van der Waals surface area contributed by atoms with Gasteiger partial charge in [-0.2, -0.15) is 0 Å². The first-order chi connectivity index (χ1) is 32.0. The Morgan fingerprint density at radius 2 is 1.17 bits per heavy atom. The lowest BCUT2D eigenvalue weighted by Gasteiger charge is -2.28. The molecule has 0 N–H and O–H groups in total. The number of amides is 4. The quantitative estimate of drug-likeness (QED) is 0.133. The van der Waals surface area contributed by atoms with Gasteiger partial charge in [0.25, 0.3) is 11.8 Å².